The number of likely N-dealkylation sites (tertiary alicyclic amines) is 1. The van der Waals surface area contributed by atoms with Gasteiger partial charge in [-0.1, -0.05) is 48.0 Å². The minimum Gasteiger partial charge on any atom is -0.306 e. The van der Waals surface area contributed by atoms with Crippen LogP contribution in [0.5, 0.6) is 0 Å². The molecule has 0 radical (unpaired) electrons. The molecule has 2 atom stereocenters. The number of hydrogen-bond acceptors (Lipinski definition) is 1. The van der Waals surface area contributed by atoms with Crippen LogP contribution in [0.2, 0.25) is 0 Å². The van der Waals surface area contributed by atoms with Crippen molar-refractivity contribution in [2.24, 2.45) is 5.92 Å². The fourth-order valence-electron chi connectivity index (χ4n) is 3.38. The summed E-state index contributed by atoms with van der Waals surface area (Å²) in [7, 11) is 4.65. The van der Waals surface area contributed by atoms with Gasteiger partial charge in [-0.2, -0.15) is 0 Å². The highest BCUT2D eigenvalue weighted by molar-refractivity contribution is 6.12. The molecule has 2 heteroatoms. The van der Waals surface area contributed by atoms with Gasteiger partial charge < -0.3 is 4.90 Å². The number of nitrogens with zero attached hydrogens (tertiary/aromatic N) is 1. The minimum absolute atomic E-state index is 0.660. The van der Waals surface area contributed by atoms with Crippen molar-refractivity contribution in [1.29, 1.82) is 0 Å². The lowest BCUT2D eigenvalue weighted by Gasteiger charge is -2.34. The van der Waals surface area contributed by atoms with Crippen molar-refractivity contribution in [1.82, 2.24) is 4.90 Å². The van der Waals surface area contributed by atoms with Crippen LogP contribution in [-0.4, -0.2) is 32.9 Å². The molecule has 1 saturated heterocycles. The fraction of sp³-hybridized carbons (Fsp3) is 0.412. The van der Waals surface area contributed by atoms with Gasteiger partial charge in [-0.25, -0.2) is 0 Å². The average molecular weight is 251 g/mol. The Morgan fingerprint density at radius 1 is 1.16 bits per heavy atom. The van der Waals surface area contributed by atoms with E-state index in [1.165, 1.54) is 42.3 Å². The molecular formula is C17H22BN. The van der Waals surface area contributed by atoms with Crippen molar-refractivity contribution in [3.8, 4) is 0 Å². The molecule has 0 amide bonds. The number of rotatable bonds is 2. The molecule has 0 N–H and O–H groups in total. The summed E-state index contributed by atoms with van der Waals surface area (Å²) >= 11 is 0. The first-order chi connectivity index (χ1) is 9.24. The smallest absolute Gasteiger partial charge is 0.111 e. The maximum atomic E-state index is 2.48. The molecule has 1 heterocycles. The van der Waals surface area contributed by atoms with Gasteiger partial charge in [0.15, 0.2) is 0 Å². The van der Waals surface area contributed by atoms with E-state index in [0.717, 1.165) is 5.92 Å². The van der Waals surface area contributed by atoms with Crippen molar-refractivity contribution in [3.05, 3.63) is 48.0 Å². The van der Waals surface area contributed by atoms with Gasteiger partial charge in [-0.05, 0) is 48.9 Å². The van der Waals surface area contributed by atoms with Crippen molar-refractivity contribution in [3.63, 3.8) is 0 Å². The van der Waals surface area contributed by atoms with E-state index in [-0.39, 0.29) is 0 Å². The van der Waals surface area contributed by atoms with Gasteiger partial charge in [0.05, 0.1) is 0 Å². The average Bonchev–Trinajstić information content (AvgIpc) is 2.46. The van der Waals surface area contributed by atoms with E-state index in [9.17, 15) is 0 Å². The molecule has 3 rings (SSSR count). The molecule has 1 fully saturated rings. The predicted octanol–water partition coefficient (Wildman–Crippen LogP) is 2.86. The molecule has 0 aromatic heterocycles. The van der Waals surface area contributed by atoms with Crippen LogP contribution in [0.1, 0.15) is 24.2 Å². The first-order valence-corrected chi connectivity index (χ1v) is 7.41. The molecule has 0 bridgehead atoms. The summed E-state index contributed by atoms with van der Waals surface area (Å²) in [6, 6.07) is 15.6. The summed E-state index contributed by atoms with van der Waals surface area (Å²) in [6.07, 6.45) is 2.72. The third kappa shape index (κ3) is 2.69. The lowest BCUT2D eigenvalue weighted by atomic mass is 9.69. The Kier molecular flexibility index (Phi) is 3.61. The largest absolute Gasteiger partial charge is 0.306 e. The topological polar surface area (TPSA) is 3.24 Å². The predicted molar refractivity (Wildman–Crippen MR) is 85.5 cm³/mol. The number of fused-ring (bicyclic) bond motifs is 1. The van der Waals surface area contributed by atoms with Gasteiger partial charge >= 0.3 is 0 Å². The van der Waals surface area contributed by atoms with Crippen LogP contribution in [0.25, 0.3) is 10.8 Å². The van der Waals surface area contributed by atoms with E-state index < -0.39 is 0 Å². The van der Waals surface area contributed by atoms with E-state index in [0.29, 0.717) is 5.82 Å². The van der Waals surface area contributed by atoms with Crippen LogP contribution in [0, 0.1) is 5.92 Å². The molecule has 0 unspecified atom stereocenters. The van der Waals surface area contributed by atoms with Crippen molar-refractivity contribution < 1.29 is 0 Å². The van der Waals surface area contributed by atoms with Gasteiger partial charge in [0.2, 0.25) is 0 Å². The summed E-state index contributed by atoms with van der Waals surface area (Å²) in [4.78, 5) is 2.48. The molecule has 2 aromatic rings. The Labute approximate surface area is 117 Å². The monoisotopic (exact) mass is 251 g/mol. The molecule has 1 nitrogen and oxygen atoms in total. The molecule has 0 aliphatic carbocycles. The SMILES string of the molecule is B[C@H](c1ccc2ccccc2c1)[C@@H]1CCCN(C)C1. The van der Waals surface area contributed by atoms with Gasteiger partial charge in [0.1, 0.15) is 7.85 Å². The molecule has 0 spiro atoms. The van der Waals surface area contributed by atoms with Crippen LogP contribution in [-0.2, 0) is 0 Å². The molecule has 1 aliphatic heterocycles. The maximum Gasteiger partial charge on any atom is 0.111 e. The van der Waals surface area contributed by atoms with Crippen LogP contribution >= 0.6 is 0 Å². The Bertz CT molecular complexity index is 566. The van der Waals surface area contributed by atoms with Crippen LogP contribution < -0.4 is 0 Å². The van der Waals surface area contributed by atoms with E-state index in [2.05, 4.69) is 62.3 Å². The van der Waals surface area contributed by atoms with E-state index in [1.807, 2.05) is 0 Å². The maximum absolute atomic E-state index is 2.48. The second-order valence-electron chi connectivity index (χ2n) is 6.06. The standard InChI is InChI=1S/C17H22BN/c1-19-10-4-7-16(12-19)17(18)15-9-8-13-5-2-3-6-14(13)11-15/h2-3,5-6,8-9,11,16-17H,4,7,10,12,18H2,1H3/t16-,17-/m1/s1. The number of hydrogen-bond donors (Lipinski definition) is 0. The lowest BCUT2D eigenvalue weighted by Crippen LogP contribution is -2.35. The highest BCUT2D eigenvalue weighted by Gasteiger charge is 2.23. The van der Waals surface area contributed by atoms with E-state index >= 15 is 0 Å². The fourth-order valence-corrected chi connectivity index (χ4v) is 3.38. The van der Waals surface area contributed by atoms with Crippen LogP contribution in [0.4, 0.5) is 0 Å². The second kappa shape index (κ2) is 5.38. The Balaban J connectivity index is 1.86. The lowest BCUT2D eigenvalue weighted by molar-refractivity contribution is 0.205. The normalized spacial score (nSPS) is 22.5. The molecule has 1 aliphatic rings. The minimum atomic E-state index is 0.660. The Hall–Kier alpha value is -1.28. The summed E-state index contributed by atoms with van der Waals surface area (Å²) in [6.45, 7) is 2.51. The molecule has 0 saturated carbocycles. The zero-order valence-corrected chi connectivity index (χ0v) is 12.0. The first kappa shape index (κ1) is 12.7. The van der Waals surface area contributed by atoms with Crippen LogP contribution in [0.15, 0.2) is 42.5 Å². The Morgan fingerprint density at radius 3 is 2.74 bits per heavy atom. The zero-order valence-electron chi connectivity index (χ0n) is 12.0. The molecule has 19 heavy (non-hydrogen) atoms. The molecule has 98 valence electrons. The molecule has 2 aromatic carbocycles. The van der Waals surface area contributed by atoms with Gasteiger partial charge in [-0.15, -0.1) is 0 Å². The van der Waals surface area contributed by atoms with Gasteiger partial charge in [0.25, 0.3) is 0 Å². The third-order valence-corrected chi connectivity index (χ3v) is 4.67. The van der Waals surface area contributed by atoms with Crippen molar-refractivity contribution >= 4 is 18.6 Å². The third-order valence-electron chi connectivity index (χ3n) is 4.67. The highest BCUT2D eigenvalue weighted by Crippen LogP contribution is 2.30. The number of piperidine rings is 1. The van der Waals surface area contributed by atoms with E-state index in [1.54, 1.807) is 0 Å². The summed E-state index contributed by atoms with van der Waals surface area (Å²) in [5, 5.41) is 2.72. The quantitative estimate of drug-likeness (QED) is 0.742. The van der Waals surface area contributed by atoms with E-state index in [4.69, 9.17) is 0 Å². The zero-order chi connectivity index (χ0) is 13.2. The second-order valence-corrected chi connectivity index (χ2v) is 6.06. The van der Waals surface area contributed by atoms with Gasteiger partial charge in [0, 0.05) is 6.54 Å². The highest BCUT2D eigenvalue weighted by atomic mass is 15.1. The summed E-state index contributed by atoms with van der Waals surface area (Å²) < 4.78 is 0. The number of benzene rings is 2. The van der Waals surface area contributed by atoms with Crippen LogP contribution in [0.3, 0.4) is 0 Å². The Morgan fingerprint density at radius 2 is 1.95 bits per heavy atom. The van der Waals surface area contributed by atoms with Gasteiger partial charge in [-0.3, -0.25) is 0 Å². The summed E-state index contributed by atoms with van der Waals surface area (Å²) in [5.41, 5.74) is 1.50. The molecular weight excluding hydrogens is 229 g/mol. The van der Waals surface area contributed by atoms with Crippen molar-refractivity contribution in [2.75, 3.05) is 20.1 Å². The first-order valence-electron chi connectivity index (χ1n) is 7.41. The summed E-state index contributed by atoms with van der Waals surface area (Å²) in [5.74, 6) is 1.47. The van der Waals surface area contributed by atoms with Crippen molar-refractivity contribution in [2.45, 2.75) is 18.7 Å².